The van der Waals surface area contributed by atoms with Crippen LogP contribution in [0.1, 0.15) is 10.4 Å². The maximum atomic E-state index is 11.0. The number of hydrogen-bond acceptors (Lipinski definition) is 5. The molecule has 0 bridgehead atoms. The number of benzene rings is 2. The van der Waals surface area contributed by atoms with Gasteiger partial charge in [0.25, 0.3) is 0 Å². The second-order valence-corrected chi connectivity index (χ2v) is 3.67. The molecule has 0 heterocycles. The van der Waals surface area contributed by atoms with Crippen LogP contribution in [0.5, 0.6) is 11.5 Å². The predicted octanol–water partition coefficient (Wildman–Crippen LogP) is 3.21. The van der Waals surface area contributed by atoms with Crippen LogP contribution in [0.15, 0.2) is 52.7 Å². The lowest BCUT2D eigenvalue weighted by Gasteiger charge is -2.02. The van der Waals surface area contributed by atoms with Gasteiger partial charge in [0.15, 0.2) is 0 Å². The summed E-state index contributed by atoms with van der Waals surface area (Å²) >= 11 is 0. The Bertz CT molecular complexity index is 653. The van der Waals surface area contributed by atoms with Gasteiger partial charge in [0, 0.05) is 0 Å². The third-order valence-electron chi connectivity index (χ3n) is 2.38. The van der Waals surface area contributed by atoms with Crippen molar-refractivity contribution in [3.05, 3.63) is 48.0 Å². The van der Waals surface area contributed by atoms with Crippen LogP contribution >= 0.6 is 0 Å². The lowest BCUT2D eigenvalue weighted by atomic mass is 10.1. The molecule has 0 aliphatic carbocycles. The van der Waals surface area contributed by atoms with Crippen LogP contribution in [0, 0.1) is 0 Å². The van der Waals surface area contributed by atoms with E-state index in [1.807, 2.05) is 0 Å². The number of aromatic carboxylic acids is 1. The molecule has 0 amide bonds. The molecule has 6 heteroatoms. The number of para-hydroxylation sites is 1. The fraction of sp³-hybridized carbons (Fsp3) is 0. The maximum Gasteiger partial charge on any atom is 0.338 e. The Balaban J connectivity index is 2.44. The van der Waals surface area contributed by atoms with Crippen molar-refractivity contribution >= 4 is 17.3 Å². The van der Waals surface area contributed by atoms with E-state index in [0.29, 0.717) is 0 Å². The number of carboxylic acids is 1. The highest BCUT2D eigenvalue weighted by molar-refractivity contribution is 5.94. The number of carbonyl (C=O) groups is 1. The molecular formula is C13H10N2O4. The summed E-state index contributed by atoms with van der Waals surface area (Å²) in [6, 6.07) is 10.2. The molecule has 2 rings (SSSR count). The van der Waals surface area contributed by atoms with Crippen molar-refractivity contribution in [3.8, 4) is 11.5 Å². The highest BCUT2D eigenvalue weighted by atomic mass is 16.4. The Labute approximate surface area is 108 Å². The van der Waals surface area contributed by atoms with E-state index in [9.17, 15) is 15.0 Å². The number of azo groups is 1. The van der Waals surface area contributed by atoms with E-state index in [4.69, 9.17) is 5.11 Å². The summed E-state index contributed by atoms with van der Waals surface area (Å²) in [6.07, 6.45) is 0. The van der Waals surface area contributed by atoms with Gasteiger partial charge in [-0.05, 0) is 24.3 Å². The van der Waals surface area contributed by atoms with Gasteiger partial charge in [-0.25, -0.2) is 4.79 Å². The number of phenols is 2. The largest absolute Gasteiger partial charge is 0.506 e. The molecule has 0 spiro atoms. The SMILES string of the molecule is O=C(O)c1cccc(O)c1N=Nc1ccccc1O. The molecule has 0 unspecified atom stereocenters. The molecule has 0 atom stereocenters. The van der Waals surface area contributed by atoms with Crippen LogP contribution in [-0.4, -0.2) is 21.3 Å². The van der Waals surface area contributed by atoms with E-state index in [2.05, 4.69) is 10.2 Å². The second-order valence-electron chi connectivity index (χ2n) is 3.67. The van der Waals surface area contributed by atoms with E-state index in [1.54, 1.807) is 12.1 Å². The molecule has 96 valence electrons. The quantitative estimate of drug-likeness (QED) is 0.735. The molecule has 3 N–H and O–H groups in total. The Kier molecular flexibility index (Phi) is 3.42. The molecule has 0 fully saturated rings. The third-order valence-corrected chi connectivity index (χ3v) is 2.38. The Hall–Kier alpha value is -2.89. The number of carboxylic acid groups (broad SMARTS) is 1. The lowest BCUT2D eigenvalue weighted by molar-refractivity contribution is 0.0697. The van der Waals surface area contributed by atoms with E-state index >= 15 is 0 Å². The normalized spacial score (nSPS) is 10.7. The van der Waals surface area contributed by atoms with Crippen molar-refractivity contribution in [2.45, 2.75) is 0 Å². The van der Waals surface area contributed by atoms with Crippen LogP contribution < -0.4 is 0 Å². The fourth-order valence-electron chi connectivity index (χ4n) is 1.46. The van der Waals surface area contributed by atoms with Crippen molar-refractivity contribution in [2.75, 3.05) is 0 Å². The third kappa shape index (κ3) is 2.68. The standard InChI is InChI=1S/C13H10N2O4/c16-10-6-2-1-5-9(10)14-15-12-8(13(18)19)4-3-7-11(12)17/h1-7,16-17H,(H,18,19). The number of rotatable bonds is 3. The summed E-state index contributed by atoms with van der Waals surface area (Å²) in [5.41, 5.74) is -0.139. The first-order chi connectivity index (χ1) is 9.09. The summed E-state index contributed by atoms with van der Waals surface area (Å²) < 4.78 is 0. The zero-order valence-electron chi connectivity index (χ0n) is 9.69. The molecule has 2 aromatic rings. The zero-order valence-corrected chi connectivity index (χ0v) is 9.69. The molecule has 6 nitrogen and oxygen atoms in total. The van der Waals surface area contributed by atoms with Crippen molar-refractivity contribution < 1.29 is 20.1 Å². The summed E-state index contributed by atoms with van der Waals surface area (Å²) in [5.74, 6) is -1.60. The van der Waals surface area contributed by atoms with Gasteiger partial charge in [-0.2, -0.15) is 0 Å². The van der Waals surface area contributed by atoms with Crippen LogP contribution in [0.4, 0.5) is 11.4 Å². The Morgan fingerprint density at radius 3 is 2.26 bits per heavy atom. The van der Waals surface area contributed by atoms with Crippen LogP contribution in [0.3, 0.4) is 0 Å². The van der Waals surface area contributed by atoms with Crippen LogP contribution in [0.25, 0.3) is 0 Å². The van der Waals surface area contributed by atoms with Gasteiger partial charge in [0.1, 0.15) is 22.9 Å². The van der Waals surface area contributed by atoms with Gasteiger partial charge < -0.3 is 15.3 Å². The van der Waals surface area contributed by atoms with Crippen molar-refractivity contribution in [1.82, 2.24) is 0 Å². The highest BCUT2D eigenvalue weighted by Gasteiger charge is 2.13. The highest BCUT2D eigenvalue weighted by Crippen LogP contribution is 2.33. The van der Waals surface area contributed by atoms with Crippen molar-refractivity contribution in [1.29, 1.82) is 0 Å². The van der Waals surface area contributed by atoms with E-state index in [-0.39, 0.29) is 28.4 Å². The molecule has 0 saturated heterocycles. The molecule has 2 aromatic carbocycles. The first-order valence-electron chi connectivity index (χ1n) is 5.34. The smallest absolute Gasteiger partial charge is 0.338 e. The van der Waals surface area contributed by atoms with Gasteiger partial charge in [0.05, 0.1) is 5.56 Å². The minimum absolute atomic E-state index is 0.0847. The summed E-state index contributed by atoms with van der Waals surface area (Å²) in [6.45, 7) is 0. The first kappa shape index (κ1) is 12.6. The maximum absolute atomic E-state index is 11.0. The zero-order chi connectivity index (χ0) is 13.8. The van der Waals surface area contributed by atoms with Gasteiger partial charge in [-0.3, -0.25) is 0 Å². The van der Waals surface area contributed by atoms with Gasteiger partial charge in [-0.15, -0.1) is 10.2 Å². The Morgan fingerprint density at radius 2 is 1.58 bits per heavy atom. The van der Waals surface area contributed by atoms with Gasteiger partial charge >= 0.3 is 5.97 Å². The minimum atomic E-state index is -1.22. The molecule has 0 aliphatic rings. The number of nitrogens with zero attached hydrogens (tertiary/aromatic N) is 2. The van der Waals surface area contributed by atoms with Crippen LogP contribution in [-0.2, 0) is 0 Å². The first-order valence-corrected chi connectivity index (χ1v) is 5.34. The lowest BCUT2D eigenvalue weighted by Crippen LogP contribution is -1.95. The molecule has 0 aliphatic heterocycles. The van der Waals surface area contributed by atoms with Crippen molar-refractivity contribution in [3.63, 3.8) is 0 Å². The van der Waals surface area contributed by atoms with Gasteiger partial charge in [-0.1, -0.05) is 18.2 Å². The van der Waals surface area contributed by atoms with E-state index in [0.717, 1.165) is 0 Å². The summed E-state index contributed by atoms with van der Waals surface area (Å²) in [4.78, 5) is 11.0. The Morgan fingerprint density at radius 1 is 0.895 bits per heavy atom. The average molecular weight is 258 g/mol. The molecular weight excluding hydrogens is 248 g/mol. The van der Waals surface area contributed by atoms with Crippen molar-refractivity contribution in [2.24, 2.45) is 10.2 Å². The van der Waals surface area contributed by atoms with Crippen LogP contribution in [0.2, 0.25) is 0 Å². The fourth-order valence-corrected chi connectivity index (χ4v) is 1.46. The van der Waals surface area contributed by atoms with E-state index < -0.39 is 5.97 Å². The topological polar surface area (TPSA) is 102 Å². The summed E-state index contributed by atoms with van der Waals surface area (Å²) in [7, 11) is 0. The number of phenolic OH excluding ortho intramolecular Hbond substituents is 2. The molecule has 0 radical (unpaired) electrons. The molecule has 0 saturated carbocycles. The monoisotopic (exact) mass is 258 g/mol. The average Bonchev–Trinajstić information content (AvgIpc) is 2.38. The van der Waals surface area contributed by atoms with E-state index in [1.165, 1.54) is 30.3 Å². The molecule has 0 aromatic heterocycles. The molecule has 19 heavy (non-hydrogen) atoms. The number of aromatic hydroxyl groups is 2. The minimum Gasteiger partial charge on any atom is -0.506 e. The predicted molar refractivity (Wildman–Crippen MR) is 67.3 cm³/mol. The van der Waals surface area contributed by atoms with Gasteiger partial charge in [0.2, 0.25) is 0 Å². The second kappa shape index (κ2) is 5.18. The number of hydrogen-bond donors (Lipinski definition) is 3. The summed E-state index contributed by atoms with van der Waals surface area (Å²) in [5, 5.41) is 35.5.